The van der Waals surface area contributed by atoms with Gasteiger partial charge in [-0.25, -0.2) is 4.79 Å². The minimum Gasteiger partial charge on any atom is -0.487 e. The van der Waals surface area contributed by atoms with E-state index in [1.807, 2.05) is 27.7 Å². The molecule has 1 aromatic heterocycles. The second-order valence-electron chi connectivity index (χ2n) is 6.14. The molecule has 0 fully saturated rings. The van der Waals surface area contributed by atoms with E-state index in [1.165, 1.54) is 6.07 Å². The normalized spacial score (nSPS) is 10.6. The van der Waals surface area contributed by atoms with Crippen molar-refractivity contribution in [2.24, 2.45) is 0 Å². The van der Waals surface area contributed by atoms with Crippen molar-refractivity contribution in [1.29, 1.82) is 5.26 Å². The Morgan fingerprint density at radius 2 is 1.78 bits per heavy atom. The van der Waals surface area contributed by atoms with Crippen LogP contribution in [0.4, 0.5) is 0 Å². The minimum absolute atomic E-state index is 0.0159. The average Bonchev–Trinajstić information content (AvgIpc) is 2.63. The molecule has 1 heterocycles. The highest BCUT2D eigenvalue weighted by Gasteiger charge is 2.09. The zero-order valence-electron chi connectivity index (χ0n) is 16.2. The number of aliphatic hydroxyl groups excluding tert-OH is 1. The molecule has 27 heavy (non-hydrogen) atoms. The summed E-state index contributed by atoms with van der Waals surface area (Å²) in [6.45, 7) is 9.16. The Morgan fingerprint density at radius 3 is 2.33 bits per heavy atom. The van der Waals surface area contributed by atoms with Crippen molar-refractivity contribution in [3.05, 3.63) is 40.2 Å². The number of fused-ring (bicyclic) bond motifs is 1. The van der Waals surface area contributed by atoms with Crippen LogP contribution in [0.5, 0.6) is 5.75 Å². The highest BCUT2D eigenvalue weighted by atomic mass is 16.5. The molecule has 0 amide bonds. The van der Waals surface area contributed by atoms with Crippen LogP contribution in [0.15, 0.2) is 33.5 Å². The summed E-state index contributed by atoms with van der Waals surface area (Å²) in [6.07, 6.45) is 0.384. The molecule has 7 heteroatoms. The van der Waals surface area contributed by atoms with Crippen molar-refractivity contribution >= 4 is 11.0 Å². The fourth-order valence-electron chi connectivity index (χ4n) is 2.03. The van der Waals surface area contributed by atoms with E-state index < -0.39 is 5.63 Å². The SMILES string of the molecule is CC(C)OCCO.CC(C)OCCOc1cccc2cc(C#N)c(=O)oc12. The molecule has 2 aromatic rings. The van der Waals surface area contributed by atoms with Crippen LogP contribution in [-0.4, -0.2) is 43.7 Å². The van der Waals surface area contributed by atoms with Crippen molar-refractivity contribution in [3.63, 3.8) is 0 Å². The summed E-state index contributed by atoms with van der Waals surface area (Å²) in [6, 6.07) is 8.56. The number of hydrogen-bond acceptors (Lipinski definition) is 7. The van der Waals surface area contributed by atoms with Crippen LogP contribution in [-0.2, 0) is 9.47 Å². The first-order chi connectivity index (χ1) is 12.9. The molecular formula is C20H27NO6. The molecule has 0 atom stereocenters. The summed E-state index contributed by atoms with van der Waals surface area (Å²) in [5.41, 5.74) is -0.326. The Bertz CT molecular complexity index is 791. The number of aliphatic hydroxyl groups is 1. The minimum atomic E-state index is -0.658. The Morgan fingerprint density at radius 1 is 1.11 bits per heavy atom. The highest BCUT2D eigenvalue weighted by Crippen LogP contribution is 2.24. The summed E-state index contributed by atoms with van der Waals surface area (Å²) < 4.78 is 21.0. The van der Waals surface area contributed by atoms with Crippen molar-refractivity contribution in [2.45, 2.75) is 39.9 Å². The van der Waals surface area contributed by atoms with Crippen LogP contribution in [0.2, 0.25) is 0 Å². The fraction of sp³-hybridized carbons (Fsp3) is 0.500. The van der Waals surface area contributed by atoms with E-state index >= 15 is 0 Å². The van der Waals surface area contributed by atoms with E-state index in [-0.39, 0.29) is 24.4 Å². The summed E-state index contributed by atoms with van der Waals surface area (Å²) in [7, 11) is 0. The third-order valence-electron chi connectivity index (χ3n) is 3.18. The molecule has 0 aliphatic carbocycles. The lowest BCUT2D eigenvalue weighted by molar-refractivity contribution is 0.0494. The molecule has 0 radical (unpaired) electrons. The molecule has 0 spiro atoms. The number of ether oxygens (including phenoxy) is 3. The Labute approximate surface area is 159 Å². The summed E-state index contributed by atoms with van der Waals surface area (Å²) in [4.78, 5) is 11.6. The van der Waals surface area contributed by atoms with Gasteiger partial charge in [-0.3, -0.25) is 0 Å². The first-order valence-corrected chi connectivity index (χ1v) is 8.82. The number of benzene rings is 1. The van der Waals surface area contributed by atoms with Crippen LogP contribution in [0.1, 0.15) is 33.3 Å². The molecule has 0 aliphatic heterocycles. The molecular weight excluding hydrogens is 350 g/mol. The Kier molecular flexibility index (Phi) is 10.1. The molecule has 0 bridgehead atoms. The van der Waals surface area contributed by atoms with E-state index in [2.05, 4.69) is 0 Å². The van der Waals surface area contributed by atoms with Crippen molar-refractivity contribution in [2.75, 3.05) is 26.4 Å². The van der Waals surface area contributed by atoms with Crippen LogP contribution < -0.4 is 10.4 Å². The van der Waals surface area contributed by atoms with Gasteiger partial charge in [0.1, 0.15) is 18.2 Å². The van der Waals surface area contributed by atoms with Gasteiger partial charge in [0, 0.05) is 5.39 Å². The molecule has 2 rings (SSSR count). The van der Waals surface area contributed by atoms with Crippen LogP contribution in [0, 0.1) is 11.3 Å². The number of nitriles is 1. The number of rotatable bonds is 8. The van der Waals surface area contributed by atoms with E-state index in [1.54, 1.807) is 24.3 Å². The fourth-order valence-corrected chi connectivity index (χ4v) is 2.03. The predicted molar refractivity (Wildman–Crippen MR) is 102 cm³/mol. The van der Waals surface area contributed by atoms with Gasteiger partial charge in [0.25, 0.3) is 0 Å². The molecule has 0 saturated carbocycles. The third kappa shape index (κ3) is 8.22. The molecule has 1 N–H and O–H groups in total. The summed E-state index contributed by atoms with van der Waals surface area (Å²) in [5, 5.41) is 17.7. The topological polar surface area (TPSA) is 102 Å². The summed E-state index contributed by atoms with van der Waals surface area (Å²) in [5.74, 6) is 0.469. The van der Waals surface area contributed by atoms with Gasteiger partial charge in [-0.1, -0.05) is 12.1 Å². The standard InChI is InChI=1S/C15H15NO4.C5H12O2/c1-10(2)18-6-7-19-13-5-3-4-11-8-12(9-16)15(17)20-14(11)13;1-5(2)7-4-3-6/h3-5,8,10H,6-7H2,1-2H3;5-6H,3-4H2,1-2H3. The maximum Gasteiger partial charge on any atom is 0.354 e. The first-order valence-electron chi connectivity index (χ1n) is 8.82. The predicted octanol–water partition coefficient (Wildman–Crippen LogP) is 2.87. The maximum absolute atomic E-state index is 11.6. The number of para-hydroxylation sites is 1. The van der Waals surface area contributed by atoms with Crippen LogP contribution in [0.3, 0.4) is 0 Å². The molecule has 7 nitrogen and oxygen atoms in total. The lowest BCUT2D eigenvalue weighted by Crippen LogP contribution is -2.11. The second kappa shape index (κ2) is 12.1. The third-order valence-corrected chi connectivity index (χ3v) is 3.18. The van der Waals surface area contributed by atoms with Gasteiger partial charge in [0.15, 0.2) is 11.3 Å². The Hall–Kier alpha value is -2.40. The van der Waals surface area contributed by atoms with Gasteiger partial charge < -0.3 is 23.7 Å². The zero-order chi connectivity index (χ0) is 20.2. The number of hydrogen-bond donors (Lipinski definition) is 1. The first kappa shape index (κ1) is 22.6. The van der Waals surface area contributed by atoms with Gasteiger partial charge in [0.05, 0.1) is 32.0 Å². The van der Waals surface area contributed by atoms with E-state index in [0.29, 0.717) is 36.5 Å². The van der Waals surface area contributed by atoms with Gasteiger partial charge in [-0.05, 0) is 39.8 Å². The Balaban J connectivity index is 0.000000445. The van der Waals surface area contributed by atoms with E-state index in [9.17, 15) is 4.79 Å². The van der Waals surface area contributed by atoms with E-state index in [4.69, 9.17) is 29.0 Å². The van der Waals surface area contributed by atoms with Crippen LogP contribution >= 0.6 is 0 Å². The maximum atomic E-state index is 11.6. The van der Waals surface area contributed by atoms with Gasteiger partial charge in [0.2, 0.25) is 0 Å². The van der Waals surface area contributed by atoms with E-state index in [0.717, 1.165) is 0 Å². The second-order valence-corrected chi connectivity index (χ2v) is 6.14. The number of nitrogens with zero attached hydrogens (tertiary/aromatic N) is 1. The quantitative estimate of drug-likeness (QED) is 0.557. The average molecular weight is 377 g/mol. The molecule has 0 unspecified atom stereocenters. The molecule has 1 aromatic carbocycles. The van der Waals surface area contributed by atoms with Gasteiger partial charge in [-0.15, -0.1) is 0 Å². The van der Waals surface area contributed by atoms with Crippen molar-refractivity contribution in [3.8, 4) is 11.8 Å². The van der Waals surface area contributed by atoms with Crippen molar-refractivity contribution < 1.29 is 23.7 Å². The summed E-state index contributed by atoms with van der Waals surface area (Å²) >= 11 is 0. The lowest BCUT2D eigenvalue weighted by atomic mass is 10.2. The van der Waals surface area contributed by atoms with Crippen molar-refractivity contribution in [1.82, 2.24) is 0 Å². The van der Waals surface area contributed by atoms with Gasteiger partial charge in [-0.2, -0.15) is 5.26 Å². The monoisotopic (exact) mass is 377 g/mol. The molecule has 0 aliphatic rings. The molecule has 148 valence electrons. The molecule has 0 saturated heterocycles. The van der Waals surface area contributed by atoms with Gasteiger partial charge >= 0.3 is 5.63 Å². The zero-order valence-corrected chi connectivity index (χ0v) is 16.2. The largest absolute Gasteiger partial charge is 0.487 e. The highest BCUT2D eigenvalue weighted by molar-refractivity contribution is 5.83. The smallest absolute Gasteiger partial charge is 0.354 e. The van der Waals surface area contributed by atoms with Crippen LogP contribution in [0.25, 0.3) is 11.0 Å². The lowest BCUT2D eigenvalue weighted by Gasteiger charge is -2.10.